The minimum Gasteiger partial charge on any atom is -0.496 e. The highest BCUT2D eigenvalue weighted by Gasteiger charge is 2.31. The third kappa shape index (κ3) is 1.77. The Kier molecular flexibility index (Phi) is 3.08. The molecule has 0 N–H and O–H groups in total. The number of aryl methyl sites for hydroxylation is 1. The average Bonchev–Trinajstić information content (AvgIpc) is 3.12. The van der Waals surface area contributed by atoms with E-state index in [1.807, 2.05) is 0 Å². The van der Waals surface area contributed by atoms with Crippen molar-refractivity contribution in [2.75, 3.05) is 14.2 Å². The van der Waals surface area contributed by atoms with Crippen molar-refractivity contribution >= 4 is 0 Å². The first kappa shape index (κ1) is 11.3. The predicted octanol–water partition coefficient (Wildman–Crippen LogP) is 3.45. The van der Waals surface area contributed by atoms with Crippen LogP contribution in [0.4, 0.5) is 0 Å². The molecule has 0 radical (unpaired) electrons. The Balaban J connectivity index is 2.59. The summed E-state index contributed by atoms with van der Waals surface area (Å²) in [6.45, 7) is 4.31. The molecule has 1 aliphatic rings. The maximum Gasteiger partial charge on any atom is 0.129 e. The van der Waals surface area contributed by atoms with Crippen LogP contribution in [-0.2, 0) is 6.42 Å². The van der Waals surface area contributed by atoms with Crippen molar-refractivity contribution < 1.29 is 9.47 Å². The average molecular weight is 220 g/mol. The molecular formula is C14H20O2. The van der Waals surface area contributed by atoms with Gasteiger partial charge in [-0.25, -0.2) is 0 Å². The molecule has 0 atom stereocenters. The van der Waals surface area contributed by atoms with Crippen LogP contribution in [-0.4, -0.2) is 14.2 Å². The largest absolute Gasteiger partial charge is 0.496 e. The highest BCUT2D eigenvalue weighted by molar-refractivity contribution is 5.56. The zero-order chi connectivity index (χ0) is 11.7. The van der Waals surface area contributed by atoms with Gasteiger partial charge in [0.05, 0.1) is 14.2 Å². The van der Waals surface area contributed by atoms with Crippen molar-refractivity contribution in [1.82, 2.24) is 0 Å². The van der Waals surface area contributed by atoms with E-state index in [4.69, 9.17) is 9.47 Å². The number of ether oxygens (including phenoxy) is 2. The number of hydrogen-bond acceptors (Lipinski definition) is 2. The van der Waals surface area contributed by atoms with Gasteiger partial charge in [-0.05, 0) is 49.3 Å². The summed E-state index contributed by atoms with van der Waals surface area (Å²) in [6.07, 6.45) is 3.54. The van der Waals surface area contributed by atoms with Gasteiger partial charge in [-0.15, -0.1) is 0 Å². The first-order valence-electron chi connectivity index (χ1n) is 5.97. The van der Waals surface area contributed by atoms with Crippen LogP contribution in [0, 0.1) is 6.92 Å². The summed E-state index contributed by atoms with van der Waals surface area (Å²) in [4.78, 5) is 0. The fourth-order valence-electron chi connectivity index (χ4n) is 2.36. The van der Waals surface area contributed by atoms with Crippen molar-refractivity contribution in [1.29, 1.82) is 0 Å². The van der Waals surface area contributed by atoms with E-state index in [1.165, 1.54) is 29.5 Å². The summed E-state index contributed by atoms with van der Waals surface area (Å²) in [6, 6.07) is 2.17. The second kappa shape index (κ2) is 4.36. The lowest BCUT2D eigenvalue weighted by molar-refractivity contribution is 0.382. The minimum absolute atomic E-state index is 0.648. The molecule has 0 heterocycles. The molecule has 0 aliphatic heterocycles. The summed E-state index contributed by atoms with van der Waals surface area (Å²) in [7, 11) is 3.50. The number of benzene rings is 1. The van der Waals surface area contributed by atoms with Crippen LogP contribution in [0.3, 0.4) is 0 Å². The molecule has 1 fully saturated rings. The van der Waals surface area contributed by atoms with E-state index in [0.717, 1.165) is 17.9 Å². The molecule has 2 heteroatoms. The minimum atomic E-state index is 0.648. The van der Waals surface area contributed by atoms with Gasteiger partial charge >= 0.3 is 0 Å². The van der Waals surface area contributed by atoms with Gasteiger partial charge in [0, 0.05) is 5.56 Å². The molecule has 1 aromatic carbocycles. The SMILES string of the molecule is CCc1cc(OC)c(C2CC2)c(OC)c1C. The molecule has 0 aromatic heterocycles. The van der Waals surface area contributed by atoms with Gasteiger partial charge in [-0.1, -0.05) is 6.92 Å². The third-order valence-electron chi connectivity index (χ3n) is 3.43. The summed E-state index contributed by atoms with van der Waals surface area (Å²) < 4.78 is 11.1. The lowest BCUT2D eigenvalue weighted by Gasteiger charge is -2.18. The molecule has 0 spiro atoms. The van der Waals surface area contributed by atoms with Crippen molar-refractivity contribution in [2.45, 2.75) is 39.0 Å². The number of rotatable bonds is 4. The maximum absolute atomic E-state index is 5.58. The Morgan fingerprint density at radius 1 is 1.25 bits per heavy atom. The van der Waals surface area contributed by atoms with E-state index < -0.39 is 0 Å². The van der Waals surface area contributed by atoms with Crippen LogP contribution in [0.1, 0.15) is 42.4 Å². The van der Waals surface area contributed by atoms with Crippen molar-refractivity contribution in [3.63, 3.8) is 0 Å². The van der Waals surface area contributed by atoms with Gasteiger partial charge in [0.25, 0.3) is 0 Å². The van der Waals surface area contributed by atoms with Crippen LogP contribution >= 0.6 is 0 Å². The van der Waals surface area contributed by atoms with Gasteiger partial charge in [0.1, 0.15) is 11.5 Å². The zero-order valence-electron chi connectivity index (χ0n) is 10.6. The Labute approximate surface area is 97.6 Å². The van der Waals surface area contributed by atoms with Crippen LogP contribution in [0.5, 0.6) is 11.5 Å². The maximum atomic E-state index is 5.58. The molecule has 0 saturated heterocycles. The highest BCUT2D eigenvalue weighted by Crippen LogP contribution is 2.50. The first-order valence-corrected chi connectivity index (χ1v) is 5.97. The van der Waals surface area contributed by atoms with Crippen molar-refractivity contribution in [3.05, 3.63) is 22.8 Å². The fourth-order valence-corrected chi connectivity index (χ4v) is 2.36. The molecule has 88 valence electrons. The van der Waals surface area contributed by atoms with E-state index in [2.05, 4.69) is 19.9 Å². The molecule has 1 saturated carbocycles. The third-order valence-corrected chi connectivity index (χ3v) is 3.43. The molecule has 1 aliphatic carbocycles. The monoisotopic (exact) mass is 220 g/mol. The van der Waals surface area contributed by atoms with Crippen LogP contribution < -0.4 is 9.47 Å². The Morgan fingerprint density at radius 2 is 1.94 bits per heavy atom. The summed E-state index contributed by atoms with van der Waals surface area (Å²) in [5, 5.41) is 0. The second-order valence-electron chi connectivity index (χ2n) is 4.44. The van der Waals surface area contributed by atoms with Gasteiger partial charge in [-0.3, -0.25) is 0 Å². The first-order chi connectivity index (χ1) is 7.72. The lowest BCUT2D eigenvalue weighted by Crippen LogP contribution is -2.01. The van der Waals surface area contributed by atoms with Crippen molar-refractivity contribution in [2.24, 2.45) is 0 Å². The summed E-state index contributed by atoms with van der Waals surface area (Å²) >= 11 is 0. The molecule has 1 aromatic rings. The Bertz CT molecular complexity index is 392. The summed E-state index contributed by atoms with van der Waals surface area (Å²) in [5.41, 5.74) is 3.87. The molecule has 0 amide bonds. The zero-order valence-corrected chi connectivity index (χ0v) is 10.6. The number of methoxy groups -OCH3 is 2. The molecule has 2 rings (SSSR count). The van der Waals surface area contributed by atoms with Gasteiger partial charge in [0.2, 0.25) is 0 Å². The Hall–Kier alpha value is -1.18. The quantitative estimate of drug-likeness (QED) is 0.773. The van der Waals surface area contributed by atoms with Gasteiger partial charge < -0.3 is 9.47 Å². The topological polar surface area (TPSA) is 18.5 Å². The van der Waals surface area contributed by atoms with E-state index >= 15 is 0 Å². The molecule has 2 nitrogen and oxygen atoms in total. The standard InChI is InChI=1S/C14H20O2/c1-5-10-8-12(15-3)13(11-6-7-11)14(16-4)9(10)2/h8,11H,5-7H2,1-4H3. The molecular weight excluding hydrogens is 200 g/mol. The Morgan fingerprint density at radius 3 is 2.38 bits per heavy atom. The van der Waals surface area contributed by atoms with Crippen molar-refractivity contribution in [3.8, 4) is 11.5 Å². The van der Waals surface area contributed by atoms with E-state index in [1.54, 1.807) is 14.2 Å². The smallest absolute Gasteiger partial charge is 0.129 e. The predicted molar refractivity (Wildman–Crippen MR) is 65.6 cm³/mol. The van der Waals surface area contributed by atoms with Gasteiger partial charge in [0.15, 0.2) is 0 Å². The van der Waals surface area contributed by atoms with E-state index in [0.29, 0.717) is 5.92 Å². The fraction of sp³-hybridized carbons (Fsp3) is 0.571. The van der Waals surface area contributed by atoms with Crippen LogP contribution in [0.25, 0.3) is 0 Å². The van der Waals surface area contributed by atoms with Gasteiger partial charge in [-0.2, -0.15) is 0 Å². The second-order valence-corrected chi connectivity index (χ2v) is 4.44. The molecule has 16 heavy (non-hydrogen) atoms. The summed E-state index contributed by atoms with van der Waals surface area (Å²) in [5.74, 6) is 2.69. The molecule has 0 bridgehead atoms. The molecule has 0 unspecified atom stereocenters. The van der Waals surface area contributed by atoms with Crippen LogP contribution in [0.2, 0.25) is 0 Å². The van der Waals surface area contributed by atoms with Crippen LogP contribution in [0.15, 0.2) is 6.07 Å². The highest BCUT2D eigenvalue weighted by atomic mass is 16.5. The normalized spacial score (nSPS) is 15.0. The lowest BCUT2D eigenvalue weighted by atomic mass is 9.97. The van der Waals surface area contributed by atoms with E-state index in [9.17, 15) is 0 Å². The van der Waals surface area contributed by atoms with E-state index in [-0.39, 0.29) is 0 Å². The number of hydrogen-bond donors (Lipinski definition) is 0.